The lowest BCUT2D eigenvalue weighted by atomic mass is 9.99. The van der Waals surface area contributed by atoms with Crippen LogP contribution < -0.4 is 5.32 Å². The lowest BCUT2D eigenvalue weighted by molar-refractivity contribution is -0.132. The van der Waals surface area contributed by atoms with Gasteiger partial charge in [0.2, 0.25) is 5.91 Å². The number of aliphatic hydroxyl groups excluding tert-OH is 4. The van der Waals surface area contributed by atoms with Gasteiger partial charge in [-0.25, -0.2) is 0 Å². The zero-order chi connectivity index (χ0) is 32.5. The van der Waals surface area contributed by atoms with E-state index < -0.39 is 36.9 Å². The third-order valence-electron chi connectivity index (χ3n) is 8.98. The van der Waals surface area contributed by atoms with Gasteiger partial charge in [0.25, 0.3) is 0 Å². The lowest BCUT2D eigenvalue weighted by Crippen LogP contribution is -2.53. The highest BCUT2D eigenvalue weighted by molar-refractivity contribution is 5.80. The van der Waals surface area contributed by atoms with Crippen molar-refractivity contribution in [3.05, 3.63) is 12.2 Å². The molecule has 0 aliphatic heterocycles. The fraction of sp³-hybridized carbons (Fsp3) is 0.921. The largest absolute Gasteiger partial charge is 0.394 e. The first-order valence-electron chi connectivity index (χ1n) is 19.1. The van der Waals surface area contributed by atoms with Crippen LogP contribution in [0.5, 0.6) is 0 Å². The normalized spacial score (nSPS) is 14.6. The van der Waals surface area contributed by atoms with Gasteiger partial charge in [0.15, 0.2) is 0 Å². The molecule has 4 atom stereocenters. The Hall–Kier alpha value is -0.950. The summed E-state index contributed by atoms with van der Waals surface area (Å²) in [5, 5.41) is 43.4. The molecule has 0 heterocycles. The Balaban J connectivity index is 3.76. The molecule has 0 aromatic carbocycles. The molecule has 5 N–H and O–H groups in total. The van der Waals surface area contributed by atoms with E-state index >= 15 is 0 Å². The molecule has 0 saturated heterocycles. The van der Waals surface area contributed by atoms with Crippen LogP contribution in [0.4, 0.5) is 0 Å². The average Bonchev–Trinajstić information content (AvgIpc) is 3.03. The summed E-state index contributed by atoms with van der Waals surface area (Å²) < 4.78 is 0. The molecular weight excluding hydrogens is 550 g/mol. The molecule has 0 rings (SSSR count). The summed E-state index contributed by atoms with van der Waals surface area (Å²) in [6, 6.07) is -0.984. The van der Waals surface area contributed by atoms with Crippen LogP contribution in [-0.4, -0.2) is 57.3 Å². The number of hydrogen-bond acceptors (Lipinski definition) is 5. The minimum Gasteiger partial charge on any atom is -0.394 e. The number of amides is 1. The highest BCUT2D eigenvalue weighted by atomic mass is 16.3. The lowest BCUT2D eigenvalue weighted by Gasteiger charge is -2.27. The van der Waals surface area contributed by atoms with Crippen LogP contribution >= 0.6 is 0 Å². The van der Waals surface area contributed by atoms with E-state index in [2.05, 4.69) is 31.3 Å². The molecule has 44 heavy (non-hydrogen) atoms. The van der Waals surface area contributed by atoms with E-state index in [4.69, 9.17) is 0 Å². The Morgan fingerprint density at radius 3 is 1.39 bits per heavy atom. The Labute approximate surface area is 272 Å². The van der Waals surface area contributed by atoms with Gasteiger partial charge in [-0.3, -0.25) is 4.79 Å². The van der Waals surface area contributed by atoms with Gasteiger partial charge in [0.05, 0.1) is 18.8 Å². The summed E-state index contributed by atoms with van der Waals surface area (Å²) >= 11 is 0. The molecule has 0 saturated carbocycles. The maximum Gasteiger partial charge on any atom is 0.249 e. The number of nitrogens with one attached hydrogen (secondary N) is 1. The molecule has 0 aliphatic carbocycles. The zero-order valence-electron chi connectivity index (χ0n) is 29.2. The highest BCUT2D eigenvalue weighted by Gasteiger charge is 2.28. The predicted molar refractivity (Wildman–Crippen MR) is 187 cm³/mol. The Bertz CT molecular complexity index is 628. The monoisotopic (exact) mass is 626 g/mol. The van der Waals surface area contributed by atoms with E-state index in [-0.39, 0.29) is 0 Å². The minimum atomic E-state index is -1.26. The molecule has 6 heteroatoms. The fourth-order valence-corrected chi connectivity index (χ4v) is 5.85. The van der Waals surface area contributed by atoms with Crippen LogP contribution in [-0.2, 0) is 4.79 Å². The Morgan fingerprint density at radius 1 is 0.545 bits per heavy atom. The van der Waals surface area contributed by atoms with Crippen LogP contribution in [0.3, 0.4) is 0 Å². The number of carbonyl (C=O) groups excluding carboxylic acids is 1. The van der Waals surface area contributed by atoms with Crippen molar-refractivity contribution >= 4 is 5.91 Å². The van der Waals surface area contributed by atoms with Crippen LogP contribution in [0, 0.1) is 0 Å². The SMILES string of the molecule is CCCC/C=C\CCCCCCC(O)C(=O)NC(CO)C(O)C(O)CCCCCCCCCCCCCCCCCCCC. The second-order valence-corrected chi connectivity index (χ2v) is 13.3. The zero-order valence-corrected chi connectivity index (χ0v) is 29.2. The second-order valence-electron chi connectivity index (χ2n) is 13.3. The first kappa shape index (κ1) is 43.0. The van der Waals surface area contributed by atoms with Gasteiger partial charge in [-0.1, -0.05) is 174 Å². The molecule has 1 amide bonds. The molecule has 0 spiro atoms. The summed E-state index contributed by atoms with van der Waals surface area (Å²) in [6.07, 6.45) is 33.8. The van der Waals surface area contributed by atoms with Crippen molar-refractivity contribution in [1.82, 2.24) is 5.32 Å². The van der Waals surface area contributed by atoms with Crippen molar-refractivity contribution in [3.63, 3.8) is 0 Å². The van der Waals surface area contributed by atoms with Crippen LogP contribution in [0.25, 0.3) is 0 Å². The Morgan fingerprint density at radius 2 is 0.932 bits per heavy atom. The van der Waals surface area contributed by atoms with Gasteiger partial charge in [0, 0.05) is 0 Å². The molecule has 262 valence electrons. The van der Waals surface area contributed by atoms with E-state index in [0.717, 1.165) is 57.8 Å². The van der Waals surface area contributed by atoms with E-state index in [1.54, 1.807) is 0 Å². The van der Waals surface area contributed by atoms with Crippen LogP contribution in [0.1, 0.15) is 194 Å². The van der Waals surface area contributed by atoms with Crippen molar-refractivity contribution in [2.75, 3.05) is 6.61 Å². The summed E-state index contributed by atoms with van der Waals surface area (Å²) in [5.41, 5.74) is 0. The van der Waals surface area contributed by atoms with Gasteiger partial charge in [-0.2, -0.15) is 0 Å². The smallest absolute Gasteiger partial charge is 0.249 e. The maximum absolute atomic E-state index is 12.4. The molecule has 0 aliphatic rings. The number of allylic oxidation sites excluding steroid dienone is 2. The standard InChI is InChI=1S/C38H75NO5/c1-3-5-7-9-11-13-15-16-17-18-19-20-21-22-24-25-27-29-31-35(41)37(43)34(33-40)39-38(44)36(42)32-30-28-26-23-14-12-10-8-6-4-2/h10,12,34-37,40-43H,3-9,11,13-33H2,1-2H3,(H,39,44)/b12-10-. The predicted octanol–water partition coefficient (Wildman–Crippen LogP) is 9.07. The molecule has 4 unspecified atom stereocenters. The van der Waals surface area contributed by atoms with Gasteiger partial charge in [-0.05, 0) is 32.1 Å². The molecule has 0 radical (unpaired) electrons. The van der Waals surface area contributed by atoms with Crippen molar-refractivity contribution in [1.29, 1.82) is 0 Å². The van der Waals surface area contributed by atoms with Crippen LogP contribution in [0.15, 0.2) is 12.2 Å². The van der Waals surface area contributed by atoms with E-state index in [1.807, 2.05) is 0 Å². The van der Waals surface area contributed by atoms with Crippen molar-refractivity contribution in [3.8, 4) is 0 Å². The molecule has 0 bridgehead atoms. The van der Waals surface area contributed by atoms with Crippen molar-refractivity contribution < 1.29 is 25.2 Å². The maximum atomic E-state index is 12.4. The number of carbonyl (C=O) groups is 1. The highest BCUT2D eigenvalue weighted by Crippen LogP contribution is 2.16. The molecule has 0 aromatic heterocycles. The van der Waals surface area contributed by atoms with Crippen molar-refractivity contribution in [2.45, 2.75) is 218 Å². The summed E-state index contributed by atoms with van der Waals surface area (Å²) in [6.45, 7) is 3.98. The van der Waals surface area contributed by atoms with Crippen LogP contribution in [0.2, 0.25) is 0 Å². The van der Waals surface area contributed by atoms with Crippen molar-refractivity contribution in [2.24, 2.45) is 0 Å². The Kier molecular flexibility index (Phi) is 32.7. The van der Waals surface area contributed by atoms with Gasteiger partial charge < -0.3 is 25.7 Å². The summed E-state index contributed by atoms with van der Waals surface area (Å²) in [4.78, 5) is 12.4. The van der Waals surface area contributed by atoms with Gasteiger partial charge in [0.1, 0.15) is 12.2 Å². The average molecular weight is 626 g/mol. The molecule has 6 nitrogen and oxygen atoms in total. The molecular formula is C38H75NO5. The number of rotatable bonds is 34. The van der Waals surface area contributed by atoms with Gasteiger partial charge in [-0.15, -0.1) is 0 Å². The molecule has 0 fully saturated rings. The van der Waals surface area contributed by atoms with E-state index in [1.165, 1.54) is 109 Å². The number of unbranched alkanes of at least 4 members (excludes halogenated alkanes) is 23. The van der Waals surface area contributed by atoms with E-state index in [9.17, 15) is 25.2 Å². The first-order chi connectivity index (χ1) is 21.5. The topological polar surface area (TPSA) is 110 Å². The van der Waals surface area contributed by atoms with Gasteiger partial charge >= 0.3 is 0 Å². The number of hydrogen-bond donors (Lipinski definition) is 5. The second kappa shape index (κ2) is 33.4. The fourth-order valence-electron chi connectivity index (χ4n) is 5.85. The third kappa shape index (κ3) is 27.4. The quantitative estimate of drug-likeness (QED) is 0.0362. The minimum absolute atomic E-state index is 0.355. The van der Waals surface area contributed by atoms with E-state index in [0.29, 0.717) is 12.8 Å². The number of aliphatic hydroxyl groups is 4. The first-order valence-corrected chi connectivity index (χ1v) is 19.1. The third-order valence-corrected chi connectivity index (χ3v) is 8.98. The molecule has 0 aromatic rings. The summed E-state index contributed by atoms with van der Waals surface area (Å²) in [5.74, 6) is -0.595. The summed E-state index contributed by atoms with van der Waals surface area (Å²) in [7, 11) is 0.